The molecule has 0 aromatic heterocycles. The van der Waals surface area contributed by atoms with Crippen molar-refractivity contribution in [3.05, 3.63) is 70.8 Å². The second-order valence-electron chi connectivity index (χ2n) is 9.60. The maximum atomic E-state index is 13.2. The minimum Gasteiger partial charge on any atom is -0.493 e. The molecule has 3 aromatic rings. The van der Waals surface area contributed by atoms with Crippen molar-refractivity contribution in [2.75, 3.05) is 55.9 Å². The molecule has 0 fully saturated rings. The topological polar surface area (TPSA) is 108 Å². The van der Waals surface area contributed by atoms with Gasteiger partial charge in [0.05, 0.1) is 53.8 Å². The van der Waals surface area contributed by atoms with Gasteiger partial charge in [-0.1, -0.05) is 24.3 Å². The summed E-state index contributed by atoms with van der Waals surface area (Å²) in [6.07, 6.45) is 1.13. The first kappa shape index (κ1) is 29.4. The van der Waals surface area contributed by atoms with Gasteiger partial charge >= 0.3 is 11.9 Å². The first-order valence-corrected chi connectivity index (χ1v) is 12.8. The van der Waals surface area contributed by atoms with Crippen LogP contribution in [0.3, 0.4) is 0 Å². The largest absolute Gasteiger partial charge is 0.493 e. The number of fused-ring (bicyclic) bond motifs is 1. The Kier molecular flexibility index (Phi) is 9.11. The third-order valence-corrected chi connectivity index (χ3v) is 7.07. The molecule has 0 atom stereocenters. The van der Waals surface area contributed by atoms with E-state index in [2.05, 4.69) is 0 Å². The zero-order valence-corrected chi connectivity index (χ0v) is 24.0. The number of esters is 2. The SMILES string of the molecule is COc1cc(C(=O)OCC2(COC(=O)c3cc(OC)c(OC)c(OC)c3)Cc3ccccc3C2)cc(OC)c1OC. The molecule has 41 heavy (non-hydrogen) atoms. The van der Waals surface area contributed by atoms with Crippen molar-refractivity contribution in [3.8, 4) is 34.5 Å². The number of ether oxygens (including phenoxy) is 8. The highest BCUT2D eigenvalue weighted by molar-refractivity contribution is 5.92. The molecule has 4 rings (SSSR count). The predicted octanol–water partition coefficient (Wildman–Crippen LogP) is 4.54. The van der Waals surface area contributed by atoms with Crippen LogP contribution < -0.4 is 28.4 Å². The monoisotopic (exact) mass is 566 g/mol. The molecule has 0 spiro atoms. The lowest BCUT2D eigenvalue weighted by atomic mass is 9.86. The Hall–Kier alpha value is -4.60. The van der Waals surface area contributed by atoms with Crippen molar-refractivity contribution in [1.29, 1.82) is 0 Å². The van der Waals surface area contributed by atoms with Crippen LogP contribution in [0.1, 0.15) is 31.8 Å². The first-order valence-electron chi connectivity index (χ1n) is 12.8. The Morgan fingerprint density at radius 1 is 0.585 bits per heavy atom. The summed E-state index contributed by atoms with van der Waals surface area (Å²) >= 11 is 0. The lowest BCUT2D eigenvalue weighted by Gasteiger charge is -2.28. The summed E-state index contributed by atoms with van der Waals surface area (Å²) in [5.74, 6) is 0.927. The predicted molar refractivity (Wildman–Crippen MR) is 149 cm³/mol. The van der Waals surface area contributed by atoms with Crippen molar-refractivity contribution < 1.29 is 47.5 Å². The highest BCUT2D eigenvalue weighted by Crippen LogP contribution is 2.41. The Morgan fingerprint density at radius 2 is 0.927 bits per heavy atom. The quantitative estimate of drug-likeness (QED) is 0.290. The van der Waals surface area contributed by atoms with Gasteiger partial charge in [0.2, 0.25) is 11.5 Å². The highest BCUT2D eigenvalue weighted by Gasteiger charge is 2.40. The van der Waals surface area contributed by atoms with Crippen LogP contribution in [-0.2, 0) is 22.3 Å². The van der Waals surface area contributed by atoms with Crippen LogP contribution in [0.25, 0.3) is 0 Å². The minimum atomic E-state index is -0.670. The van der Waals surface area contributed by atoms with Gasteiger partial charge in [0, 0.05) is 5.41 Å². The van der Waals surface area contributed by atoms with E-state index in [0.717, 1.165) is 11.1 Å². The molecule has 0 unspecified atom stereocenters. The number of carbonyl (C=O) groups excluding carboxylic acids is 2. The van der Waals surface area contributed by atoms with Gasteiger partial charge < -0.3 is 37.9 Å². The van der Waals surface area contributed by atoms with Crippen molar-refractivity contribution >= 4 is 11.9 Å². The second kappa shape index (κ2) is 12.7. The van der Waals surface area contributed by atoms with E-state index in [9.17, 15) is 9.59 Å². The number of benzene rings is 3. The van der Waals surface area contributed by atoms with E-state index in [4.69, 9.17) is 37.9 Å². The summed E-state index contributed by atoms with van der Waals surface area (Å²) < 4.78 is 43.8. The molecule has 0 bridgehead atoms. The molecule has 0 aliphatic heterocycles. The number of carbonyl (C=O) groups is 2. The standard InChI is InChI=1S/C31H34O10/c1-34-23-11-21(12-24(35-2)27(23)38-5)29(32)40-17-31(15-19-9-7-8-10-20(19)16-31)18-41-30(33)22-13-25(36-3)28(39-6)26(14-22)37-4/h7-14H,15-18H2,1-6H3. The summed E-state index contributed by atoms with van der Waals surface area (Å²) in [7, 11) is 8.86. The summed E-state index contributed by atoms with van der Waals surface area (Å²) in [5, 5.41) is 0. The zero-order chi connectivity index (χ0) is 29.6. The Bertz CT molecular complexity index is 1260. The van der Waals surface area contributed by atoms with Crippen LogP contribution in [0, 0.1) is 5.41 Å². The average molecular weight is 567 g/mol. The average Bonchev–Trinajstić information content (AvgIpc) is 3.39. The molecule has 1 aliphatic carbocycles. The Morgan fingerprint density at radius 3 is 1.22 bits per heavy atom. The zero-order valence-electron chi connectivity index (χ0n) is 24.0. The van der Waals surface area contributed by atoms with Gasteiger partial charge in [-0.3, -0.25) is 0 Å². The van der Waals surface area contributed by atoms with Crippen molar-refractivity contribution in [2.45, 2.75) is 12.8 Å². The lowest BCUT2D eigenvalue weighted by molar-refractivity contribution is -0.00231. The van der Waals surface area contributed by atoms with Crippen LogP contribution in [0.4, 0.5) is 0 Å². The smallest absolute Gasteiger partial charge is 0.338 e. The van der Waals surface area contributed by atoms with Crippen LogP contribution in [0.5, 0.6) is 34.5 Å². The fourth-order valence-electron chi connectivity index (χ4n) is 5.02. The van der Waals surface area contributed by atoms with Gasteiger partial charge in [-0.2, -0.15) is 0 Å². The number of methoxy groups -OCH3 is 6. The fourth-order valence-corrected chi connectivity index (χ4v) is 5.02. The van der Waals surface area contributed by atoms with Crippen LogP contribution >= 0.6 is 0 Å². The molecule has 0 radical (unpaired) electrons. The lowest BCUT2D eigenvalue weighted by Crippen LogP contribution is -2.35. The van der Waals surface area contributed by atoms with E-state index in [-0.39, 0.29) is 24.3 Å². The number of hydrogen-bond donors (Lipinski definition) is 0. The van der Waals surface area contributed by atoms with Crippen LogP contribution in [0.15, 0.2) is 48.5 Å². The molecule has 0 saturated carbocycles. The van der Waals surface area contributed by atoms with Gasteiger partial charge in [-0.25, -0.2) is 9.59 Å². The van der Waals surface area contributed by atoms with Gasteiger partial charge in [0.15, 0.2) is 23.0 Å². The summed E-state index contributed by atoms with van der Waals surface area (Å²) in [5.41, 5.74) is 2.02. The normalized spacial score (nSPS) is 13.0. The summed E-state index contributed by atoms with van der Waals surface area (Å²) in [6, 6.07) is 14.1. The second-order valence-corrected chi connectivity index (χ2v) is 9.60. The molecule has 1 aliphatic rings. The molecule has 218 valence electrons. The Labute approximate surface area is 239 Å². The molecular weight excluding hydrogens is 532 g/mol. The molecular formula is C31H34O10. The molecule has 0 saturated heterocycles. The van der Waals surface area contributed by atoms with E-state index in [1.54, 1.807) is 0 Å². The molecule has 10 heteroatoms. The maximum absolute atomic E-state index is 13.2. The molecule has 0 heterocycles. The van der Waals surface area contributed by atoms with Crippen molar-refractivity contribution in [2.24, 2.45) is 5.41 Å². The molecule has 0 N–H and O–H groups in total. The van der Waals surface area contributed by atoms with Gasteiger partial charge in [-0.05, 0) is 48.2 Å². The van der Waals surface area contributed by atoms with E-state index in [0.29, 0.717) is 47.3 Å². The molecule has 0 amide bonds. The summed E-state index contributed by atoms with van der Waals surface area (Å²) in [6.45, 7) is 0.0272. The van der Waals surface area contributed by atoms with Gasteiger partial charge in [-0.15, -0.1) is 0 Å². The molecule has 10 nitrogen and oxygen atoms in total. The highest BCUT2D eigenvalue weighted by atomic mass is 16.6. The van der Waals surface area contributed by atoms with Gasteiger partial charge in [0.1, 0.15) is 13.2 Å². The van der Waals surface area contributed by atoms with E-state index < -0.39 is 17.4 Å². The maximum Gasteiger partial charge on any atom is 0.338 e. The van der Waals surface area contributed by atoms with E-state index in [1.165, 1.54) is 66.9 Å². The minimum absolute atomic E-state index is 0.0136. The Balaban J connectivity index is 1.55. The van der Waals surface area contributed by atoms with Crippen LogP contribution in [-0.4, -0.2) is 67.8 Å². The number of rotatable bonds is 12. The van der Waals surface area contributed by atoms with Crippen LogP contribution in [0.2, 0.25) is 0 Å². The third kappa shape index (κ3) is 6.11. The summed E-state index contributed by atoms with van der Waals surface area (Å²) in [4.78, 5) is 26.4. The molecule has 3 aromatic carbocycles. The van der Waals surface area contributed by atoms with Gasteiger partial charge in [0.25, 0.3) is 0 Å². The van der Waals surface area contributed by atoms with Crippen molar-refractivity contribution in [3.63, 3.8) is 0 Å². The third-order valence-electron chi connectivity index (χ3n) is 7.07. The fraction of sp³-hybridized carbons (Fsp3) is 0.355. The van der Waals surface area contributed by atoms with E-state index in [1.807, 2.05) is 24.3 Å². The first-order chi connectivity index (χ1) is 19.8. The van der Waals surface area contributed by atoms with Crippen molar-refractivity contribution in [1.82, 2.24) is 0 Å². The van der Waals surface area contributed by atoms with E-state index >= 15 is 0 Å². The number of hydrogen-bond acceptors (Lipinski definition) is 10.